The maximum Gasteiger partial charge on any atom is 0.232 e. The number of nitrogens with zero attached hydrogens (tertiary/aromatic N) is 1. The molecule has 0 radical (unpaired) electrons. The Kier molecular flexibility index (Phi) is 5.23. The van der Waals surface area contributed by atoms with Crippen LogP contribution >= 0.6 is 11.6 Å². The van der Waals surface area contributed by atoms with Crippen molar-refractivity contribution >= 4 is 29.0 Å². The Morgan fingerprint density at radius 2 is 1.93 bits per heavy atom. The van der Waals surface area contributed by atoms with Gasteiger partial charge in [-0.25, -0.2) is 0 Å². The fourth-order valence-corrected chi connectivity index (χ4v) is 4.41. The normalized spacial score (nSPS) is 19.6. The van der Waals surface area contributed by atoms with E-state index in [1.54, 1.807) is 17.0 Å². The zero-order valence-electron chi connectivity index (χ0n) is 15.8. The van der Waals surface area contributed by atoms with E-state index in [1.807, 2.05) is 43.3 Å². The Morgan fingerprint density at radius 1 is 1.11 bits per heavy atom. The van der Waals surface area contributed by atoms with E-state index in [4.69, 9.17) is 16.3 Å². The highest BCUT2D eigenvalue weighted by molar-refractivity contribution is 6.31. The van der Waals surface area contributed by atoms with E-state index in [9.17, 15) is 9.59 Å². The number of carbonyl (C=O) groups is 2. The van der Waals surface area contributed by atoms with Gasteiger partial charge in [0.05, 0.1) is 12.3 Å². The van der Waals surface area contributed by atoms with Gasteiger partial charge in [-0.3, -0.25) is 14.5 Å². The molecule has 0 bridgehead atoms. The van der Waals surface area contributed by atoms with E-state index < -0.39 is 0 Å². The van der Waals surface area contributed by atoms with Gasteiger partial charge >= 0.3 is 0 Å². The Morgan fingerprint density at radius 3 is 2.71 bits per heavy atom. The number of ketones is 1. The SMILES string of the molecule is CCOc1ccccc1C1CC(=O)N(c2cccc(Cl)c2)C2=C1C(=O)CCC2. The minimum Gasteiger partial charge on any atom is -0.494 e. The largest absolute Gasteiger partial charge is 0.494 e. The van der Waals surface area contributed by atoms with Crippen LogP contribution in [0.15, 0.2) is 59.8 Å². The van der Waals surface area contributed by atoms with Crippen molar-refractivity contribution < 1.29 is 14.3 Å². The van der Waals surface area contributed by atoms with Gasteiger partial charge in [-0.05, 0) is 44.0 Å². The quantitative estimate of drug-likeness (QED) is 0.708. The summed E-state index contributed by atoms with van der Waals surface area (Å²) in [5, 5.41) is 0.568. The number of anilines is 1. The summed E-state index contributed by atoms with van der Waals surface area (Å²) in [5.41, 5.74) is 3.19. The van der Waals surface area contributed by atoms with Gasteiger partial charge in [-0.15, -0.1) is 0 Å². The van der Waals surface area contributed by atoms with Crippen molar-refractivity contribution in [2.24, 2.45) is 0 Å². The lowest BCUT2D eigenvalue weighted by Gasteiger charge is -2.38. The van der Waals surface area contributed by atoms with Gasteiger partial charge in [0.1, 0.15) is 5.75 Å². The molecule has 2 aromatic carbocycles. The van der Waals surface area contributed by atoms with E-state index in [1.165, 1.54) is 0 Å². The van der Waals surface area contributed by atoms with E-state index >= 15 is 0 Å². The fourth-order valence-electron chi connectivity index (χ4n) is 4.23. The Labute approximate surface area is 169 Å². The highest BCUT2D eigenvalue weighted by Crippen LogP contribution is 2.45. The van der Waals surface area contributed by atoms with Crippen LogP contribution in [0.25, 0.3) is 0 Å². The Hall–Kier alpha value is -2.59. The molecule has 4 nitrogen and oxygen atoms in total. The van der Waals surface area contributed by atoms with Crippen LogP contribution in [0.5, 0.6) is 5.75 Å². The average Bonchev–Trinajstić information content (AvgIpc) is 2.68. The predicted octanol–water partition coefficient (Wildman–Crippen LogP) is 5.27. The zero-order valence-corrected chi connectivity index (χ0v) is 16.5. The molecule has 28 heavy (non-hydrogen) atoms. The van der Waals surface area contributed by atoms with Crippen LogP contribution in [0.2, 0.25) is 5.02 Å². The third-order valence-corrected chi connectivity index (χ3v) is 5.57. The molecule has 5 heteroatoms. The van der Waals surface area contributed by atoms with Crippen LogP contribution in [-0.2, 0) is 9.59 Å². The summed E-state index contributed by atoms with van der Waals surface area (Å²) >= 11 is 6.16. The van der Waals surface area contributed by atoms with Crippen LogP contribution in [0.3, 0.4) is 0 Å². The second kappa shape index (κ2) is 7.80. The third kappa shape index (κ3) is 3.33. The summed E-state index contributed by atoms with van der Waals surface area (Å²) in [6.45, 7) is 2.46. The number of rotatable bonds is 4. The van der Waals surface area contributed by atoms with Crippen LogP contribution in [-0.4, -0.2) is 18.3 Å². The number of para-hydroxylation sites is 1. The molecule has 0 fully saturated rings. The molecule has 0 aromatic heterocycles. The lowest BCUT2D eigenvalue weighted by atomic mass is 9.77. The average molecular weight is 396 g/mol. The molecule has 1 unspecified atom stereocenters. The molecule has 1 aliphatic carbocycles. The monoisotopic (exact) mass is 395 g/mol. The van der Waals surface area contributed by atoms with Crippen molar-refractivity contribution in [3.8, 4) is 5.75 Å². The van der Waals surface area contributed by atoms with Gasteiger partial charge in [0.25, 0.3) is 0 Å². The first-order valence-corrected chi connectivity index (χ1v) is 10.0. The number of benzene rings is 2. The molecule has 4 rings (SSSR count). The molecule has 2 aromatic rings. The molecule has 1 aliphatic heterocycles. The number of hydrogen-bond donors (Lipinski definition) is 0. The highest BCUT2D eigenvalue weighted by atomic mass is 35.5. The Bertz CT molecular complexity index is 966. The molecule has 1 atom stereocenters. The first-order chi connectivity index (χ1) is 13.6. The van der Waals surface area contributed by atoms with Crippen molar-refractivity contribution in [1.29, 1.82) is 0 Å². The van der Waals surface area contributed by atoms with Gasteiger partial charge in [-0.2, -0.15) is 0 Å². The second-order valence-corrected chi connectivity index (χ2v) is 7.51. The molecule has 1 heterocycles. The summed E-state index contributed by atoms with van der Waals surface area (Å²) in [5.74, 6) is 0.571. The fraction of sp³-hybridized carbons (Fsp3) is 0.304. The summed E-state index contributed by atoms with van der Waals surface area (Å²) in [6, 6.07) is 15.0. The molecule has 144 valence electrons. The van der Waals surface area contributed by atoms with Gasteiger partial charge in [0.2, 0.25) is 5.91 Å². The maximum atomic E-state index is 13.2. The molecule has 0 N–H and O–H groups in total. The topological polar surface area (TPSA) is 46.6 Å². The highest BCUT2D eigenvalue weighted by Gasteiger charge is 2.40. The summed E-state index contributed by atoms with van der Waals surface area (Å²) < 4.78 is 5.79. The van der Waals surface area contributed by atoms with E-state index in [0.29, 0.717) is 24.5 Å². The Balaban J connectivity index is 1.86. The van der Waals surface area contributed by atoms with Crippen molar-refractivity contribution in [3.63, 3.8) is 0 Å². The molecule has 0 saturated carbocycles. The van der Waals surface area contributed by atoms with Crippen LogP contribution in [0, 0.1) is 0 Å². The van der Waals surface area contributed by atoms with Crippen molar-refractivity contribution in [2.75, 3.05) is 11.5 Å². The van der Waals surface area contributed by atoms with Crippen molar-refractivity contribution in [1.82, 2.24) is 0 Å². The number of Topliss-reactive ketones (excluding diaryl/α,β-unsaturated/α-hetero) is 1. The minimum atomic E-state index is -0.270. The summed E-state index contributed by atoms with van der Waals surface area (Å²) in [6.07, 6.45) is 2.21. The second-order valence-electron chi connectivity index (χ2n) is 7.07. The molecule has 0 spiro atoms. The van der Waals surface area contributed by atoms with Crippen LogP contribution in [0.1, 0.15) is 44.1 Å². The zero-order chi connectivity index (χ0) is 19.7. The lowest BCUT2D eigenvalue weighted by Crippen LogP contribution is -2.40. The number of halogens is 1. The molecule has 2 aliphatic rings. The number of allylic oxidation sites excluding steroid dienone is 2. The van der Waals surface area contributed by atoms with Gasteiger partial charge in [-0.1, -0.05) is 35.9 Å². The summed E-state index contributed by atoms with van der Waals surface area (Å²) in [4.78, 5) is 27.9. The van der Waals surface area contributed by atoms with Crippen LogP contribution < -0.4 is 9.64 Å². The van der Waals surface area contributed by atoms with Crippen LogP contribution in [0.4, 0.5) is 5.69 Å². The van der Waals surface area contributed by atoms with Gasteiger partial charge in [0.15, 0.2) is 5.78 Å². The van der Waals surface area contributed by atoms with E-state index in [-0.39, 0.29) is 24.0 Å². The lowest BCUT2D eigenvalue weighted by molar-refractivity contribution is -0.119. The molecular weight excluding hydrogens is 374 g/mol. The first kappa shape index (κ1) is 18.8. The van der Waals surface area contributed by atoms with Crippen molar-refractivity contribution in [3.05, 3.63) is 70.4 Å². The summed E-state index contributed by atoms with van der Waals surface area (Å²) in [7, 11) is 0. The van der Waals surface area contributed by atoms with Gasteiger partial charge < -0.3 is 4.74 Å². The maximum absolute atomic E-state index is 13.2. The van der Waals surface area contributed by atoms with Crippen molar-refractivity contribution in [2.45, 2.75) is 38.5 Å². The smallest absolute Gasteiger partial charge is 0.232 e. The minimum absolute atomic E-state index is 0.0213. The number of carbonyl (C=O) groups excluding carboxylic acids is 2. The van der Waals surface area contributed by atoms with Gasteiger partial charge in [0, 0.05) is 40.6 Å². The first-order valence-electron chi connectivity index (χ1n) is 9.66. The number of hydrogen-bond acceptors (Lipinski definition) is 3. The number of ether oxygens (including phenoxy) is 1. The predicted molar refractivity (Wildman–Crippen MR) is 110 cm³/mol. The number of amides is 1. The molecule has 1 amide bonds. The standard InChI is InChI=1S/C23H22ClNO3/c1-2-28-21-12-4-3-9-17(21)18-14-22(27)25(16-8-5-7-15(24)13-16)19-10-6-11-20(26)23(18)19/h3-5,7-9,12-13,18H,2,6,10-11,14H2,1H3. The molecule has 0 saturated heterocycles. The molecular formula is C23H22ClNO3. The third-order valence-electron chi connectivity index (χ3n) is 5.34. The van der Waals surface area contributed by atoms with E-state index in [0.717, 1.165) is 34.7 Å². The van der Waals surface area contributed by atoms with E-state index in [2.05, 4.69) is 0 Å².